The fraction of sp³-hybridized carbons (Fsp3) is 0.294. The minimum atomic E-state index is -0.769. The Kier molecular flexibility index (Phi) is 3.64. The number of fused-ring (bicyclic) bond motifs is 1. The molecule has 110 valence electrons. The van der Waals surface area contributed by atoms with Crippen molar-refractivity contribution in [2.24, 2.45) is 0 Å². The third kappa shape index (κ3) is 2.40. The summed E-state index contributed by atoms with van der Waals surface area (Å²) in [5, 5.41) is 3.27. The molecule has 1 atom stereocenters. The second kappa shape index (κ2) is 5.45. The van der Waals surface area contributed by atoms with Crippen LogP contribution in [0.15, 0.2) is 30.3 Å². The summed E-state index contributed by atoms with van der Waals surface area (Å²) in [7, 11) is 1.62. The molecule has 4 heteroatoms. The Morgan fingerprint density at radius 3 is 2.62 bits per heavy atom. The van der Waals surface area contributed by atoms with Gasteiger partial charge >= 0.3 is 0 Å². The summed E-state index contributed by atoms with van der Waals surface area (Å²) in [5.74, 6) is -0.754. The van der Waals surface area contributed by atoms with Crippen LogP contribution in [-0.2, 0) is 6.42 Å². The lowest BCUT2D eigenvalue weighted by Gasteiger charge is -2.28. The summed E-state index contributed by atoms with van der Waals surface area (Å²) < 4.78 is 33.3. The van der Waals surface area contributed by atoms with Crippen molar-refractivity contribution in [2.45, 2.75) is 19.4 Å². The topological polar surface area (TPSA) is 21.3 Å². The molecule has 2 nitrogen and oxygen atoms in total. The van der Waals surface area contributed by atoms with Crippen molar-refractivity contribution in [3.63, 3.8) is 0 Å². The monoisotopic (exact) mass is 289 g/mol. The van der Waals surface area contributed by atoms with Gasteiger partial charge in [0, 0.05) is 12.1 Å². The van der Waals surface area contributed by atoms with Crippen molar-refractivity contribution >= 4 is 0 Å². The molecule has 0 radical (unpaired) electrons. The molecular formula is C17H17F2NO. The van der Waals surface area contributed by atoms with E-state index in [0.717, 1.165) is 29.8 Å². The van der Waals surface area contributed by atoms with Gasteiger partial charge in [0.1, 0.15) is 5.75 Å². The zero-order valence-electron chi connectivity index (χ0n) is 12.0. The van der Waals surface area contributed by atoms with E-state index in [9.17, 15) is 8.78 Å². The summed E-state index contributed by atoms with van der Waals surface area (Å²) in [6.45, 7) is 2.29. The maximum Gasteiger partial charge on any atom is 0.164 e. The van der Waals surface area contributed by atoms with Gasteiger partial charge in [-0.2, -0.15) is 0 Å². The van der Waals surface area contributed by atoms with Gasteiger partial charge in [-0.25, -0.2) is 8.78 Å². The van der Waals surface area contributed by atoms with E-state index in [4.69, 9.17) is 4.74 Å². The lowest BCUT2D eigenvalue weighted by molar-refractivity contribution is 0.412. The molecule has 0 spiro atoms. The highest BCUT2D eigenvalue weighted by Gasteiger charge is 2.25. The molecule has 0 amide bonds. The first-order valence-electron chi connectivity index (χ1n) is 6.96. The summed E-state index contributed by atoms with van der Waals surface area (Å²) in [6.07, 6.45) is 0.846. The third-order valence-electron chi connectivity index (χ3n) is 4.02. The van der Waals surface area contributed by atoms with Crippen molar-refractivity contribution in [2.75, 3.05) is 13.7 Å². The summed E-state index contributed by atoms with van der Waals surface area (Å²) >= 11 is 0. The number of benzene rings is 2. The van der Waals surface area contributed by atoms with E-state index < -0.39 is 11.6 Å². The van der Waals surface area contributed by atoms with Crippen molar-refractivity contribution in [3.05, 3.63) is 64.2 Å². The largest absolute Gasteiger partial charge is 0.497 e. The van der Waals surface area contributed by atoms with Crippen molar-refractivity contribution in [3.8, 4) is 5.75 Å². The van der Waals surface area contributed by atoms with Gasteiger partial charge in [0.25, 0.3) is 0 Å². The van der Waals surface area contributed by atoms with Gasteiger partial charge in [0.2, 0.25) is 0 Å². The third-order valence-corrected chi connectivity index (χ3v) is 4.02. The average molecular weight is 289 g/mol. The number of aryl methyl sites for hydroxylation is 1. The molecule has 0 fully saturated rings. The highest BCUT2D eigenvalue weighted by molar-refractivity contribution is 5.44. The SMILES string of the molecule is COc1ccc2c(c1)CCNC2c1ccc(C)c(F)c1F. The van der Waals surface area contributed by atoms with Crippen LogP contribution in [0.1, 0.15) is 28.3 Å². The Labute approximate surface area is 122 Å². The van der Waals surface area contributed by atoms with E-state index in [1.807, 2.05) is 18.2 Å². The Bertz CT molecular complexity index is 685. The minimum Gasteiger partial charge on any atom is -0.497 e. The van der Waals surface area contributed by atoms with Crippen molar-refractivity contribution in [1.29, 1.82) is 0 Å². The van der Waals surface area contributed by atoms with Crippen LogP contribution in [0, 0.1) is 18.6 Å². The lowest BCUT2D eigenvalue weighted by atomic mass is 9.89. The van der Waals surface area contributed by atoms with E-state index in [1.54, 1.807) is 26.2 Å². The zero-order valence-corrected chi connectivity index (χ0v) is 12.0. The molecular weight excluding hydrogens is 272 g/mol. The number of ether oxygens (including phenoxy) is 1. The quantitative estimate of drug-likeness (QED) is 0.913. The smallest absolute Gasteiger partial charge is 0.164 e. The van der Waals surface area contributed by atoms with E-state index in [1.165, 1.54) is 0 Å². The van der Waals surface area contributed by atoms with Gasteiger partial charge < -0.3 is 10.1 Å². The van der Waals surface area contributed by atoms with E-state index in [2.05, 4.69) is 5.32 Å². The molecule has 1 heterocycles. The van der Waals surface area contributed by atoms with Gasteiger partial charge in [-0.1, -0.05) is 18.2 Å². The van der Waals surface area contributed by atoms with Gasteiger partial charge in [-0.15, -0.1) is 0 Å². The molecule has 21 heavy (non-hydrogen) atoms. The maximum atomic E-state index is 14.2. The van der Waals surface area contributed by atoms with Crippen LogP contribution < -0.4 is 10.1 Å². The highest BCUT2D eigenvalue weighted by Crippen LogP contribution is 2.33. The van der Waals surface area contributed by atoms with Gasteiger partial charge in [-0.05, 0) is 42.2 Å². The van der Waals surface area contributed by atoms with E-state index in [-0.39, 0.29) is 6.04 Å². The fourth-order valence-corrected chi connectivity index (χ4v) is 2.83. The number of nitrogens with one attached hydrogen (secondary N) is 1. The van der Waals surface area contributed by atoms with Crippen LogP contribution in [0.5, 0.6) is 5.75 Å². The minimum absolute atomic E-state index is 0.321. The van der Waals surface area contributed by atoms with Crippen LogP contribution in [0.3, 0.4) is 0 Å². The molecule has 1 aliphatic rings. The number of halogens is 2. The Hall–Kier alpha value is -1.94. The van der Waals surface area contributed by atoms with E-state index in [0.29, 0.717) is 11.1 Å². The second-order valence-corrected chi connectivity index (χ2v) is 5.30. The first kappa shape index (κ1) is 14.0. The second-order valence-electron chi connectivity index (χ2n) is 5.30. The molecule has 0 aromatic heterocycles. The molecule has 1 unspecified atom stereocenters. The number of hydrogen-bond donors (Lipinski definition) is 1. The Morgan fingerprint density at radius 2 is 1.86 bits per heavy atom. The summed E-state index contributed by atoms with van der Waals surface area (Å²) in [4.78, 5) is 0. The summed E-state index contributed by atoms with van der Waals surface area (Å²) in [6, 6.07) is 8.68. The molecule has 0 bridgehead atoms. The molecule has 3 rings (SSSR count). The molecule has 2 aromatic rings. The molecule has 0 saturated heterocycles. The zero-order chi connectivity index (χ0) is 15.0. The Morgan fingerprint density at radius 1 is 1.10 bits per heavy atom. The van der Waals surface area contributed by atoms with Gasteiger partial charge in [-0.3, -0.25) is 0 Å². The van der Waals surface area contributed by atoms with Gasteiger partial charge in [0.15, 0.2) is 11.6 Å². The van der Waals surface area contributed by atoms with Gasteiger partial charge in [0.05, 0.1) is 13.2 Å². The lowest BCUT2D eigenvalue weighted by Crippen LogP contribution is -2.31. The maximum absolute atomic E-state index is 14.2. The number of methoxy groups -OCH3 is 1. The standard InChI is InChI=1S/C17H17F2NO/c1-10-3-5-14(16(19)15(10)18)17-13-6-4-12(21-2)9-11(13)7-8-20-17/h3-6,9,17,20H,7-8H2,1-2H3. The fourth-order valence-electron chi connectivity index (χ4n) is 2.83. The predicted octanol–water partition coefficient (Wildman–Crippen LogP) is 3.52. The molecule has 2 aromatic carbocycles. The Balaban J connectivity index is 2.08. The summed E-state index contributed by atoms with van der Waals surface area (Å²) in [5.41, 5.74) is 2.76. The van der Waals surface area contributed by atoms with Crippen LogP contribution in [0.2, 0.25) is 0 Å². The first-order valence-corrected chi connectivity index (χ1v) is 6.96. The molecule has 0 aliphatic carbocycles. The van der Waals surface area contributed by atoms with E-state index >= 15 is 0 Å². The van der Waals surface area contributed by atoms with Crippen molar-refractivity contribution in [1.82, 2.24) is 5.32 Å². The predicted molar refractivity (Wildman–Crippen MR) is 77.6 cm³/mol. The van der Waals surface area contributed by atoms with Crippen LogP contribution in [0.25, 0.3) is 0 Å². The van der Waals surface area contributed by atoms with Crippen LogP contribution in [-0.4, -0.2) is 13.7 Å². The average Bonchev–Trinajstić information content (AvgIpc) is 2.52. The normalized spacial score (nSPS) is 17.4. The number of rotatable bonds is 2. The molecule has 1 aliphatic heterocycles. The van der Waals surface area contributed by atoms with Crippen molar-refractivity contribution < 1.29 is 13.5 Å². The molecule has 1 N–H and O–H groups in total. The molecule has 0 saturated carbocycles. The van der Waals surface area contributed by atoms with Crippen LogP contribution >= 0.6 is 0 Å². The van der Waals surface area contributed by atoms with Crippen LogP contribution in [0.4, 0.5) is 8.78 Å². The highest BCUT2D eigenvalue weighted by atomic mass is 19.2. The number of hydrogen-bond acceptors (Lipinski definition) is 2. The first-order chi connectivity index (χ1) is 10.1.